The molecular weight excluding hydrogens is 451 g/mol. The molecule has 1 fully saturated rings. The molecule has 0 amide bonds. The Morgan fingerprint density at radius 2 is 1.78 bits per heavy atom. The lowest BCUT2D eigenvalue weighted by atomic mass is 10.1. The topological polar surface area (TPSA) is 48.9 Å². The normalized spacial score (nSPS) is 15.3. The summed E-state index contributed by atoms with van der Waals surface area (Å²) in [6, 6.07) is 8.66. The molecule has 0 aliphatic carbocycles. The molecule has 0 unspecified atom stereocenters. The van der Waals surface area contributed by atoms with Crippen LogP contribution in [0.1, 0.15) is 50.7 Å². The van der Waals surface area contributed by atoms with Crippen LogP contribution in [0.25, 0.3) is 0 Å². The summed E-state index contributed by atoms with van der Waals surface area (Å²) in [4.78, 5) is 7.27. The Labute approximate surface area is 182 Å². The van der Waals surface area contributed by atoms with E-state index in [-0.39, 0.29) is 24.0 Å². The van der Waals surface area contributed by atoms with Gasteiger partial charge in [0.05, 0.1) is 19.8 Å². The van der Waals surface area contributed by atoms with Gasteiger partial charge in [0.25, 0.3) is 0 Å². The highest BCUT2D eigenvalue weighted by atomic mass is 127. The van der Waals surface area contributed by atoms with Crippen LogP contribution in [0, 0.1) is 0 Å². The van der Waals surface area contributed by atoms with Crippen LogP contribution in [0.4, 0.5) is 0 Å². The maximum atomic E-state index is 5.46. The van der Waals surface area contributed by atoms with E-state index in [4.69, 9.17) is 9.73 Å². The number of nitrogens with one attached hydrogen (secondary N) is 2. The summed E-state index contributed by atoms with van der Waals surface area (Å²) in [5, 5.41) is 6.82. The van der Waals surface area contributed by atoms with Crippen molar-refractivity contribution in [1.29, 1.82) is 0 Å². The third kappa shape index (κ3) is 9.76. The Balaban J connectivity index is 0.00000364. The molecule has 0 saturated carbocycles. The van der Waals surface area contributed by atoms with E-state index >= 15 is 0 Å². The van der Waals surface area contributed by atoms with Gasteiger partial charge >= 0.3 is 0 Å². The van der Waals surface area contributed by atoms with E-state index in [1.807, 2.05) is 0 Å². The van der Waals surface area contributed by atoms with E-state index in [1.165, 1.54) is 36.8 Å². The Morgan fingerprint density at radius 3 is 2.48 bits per heavy atom. The van der Waals surface area contributed by atoms with Crippen LogP contribution in [0.2, 0.25) is 0 Å². The van der Waals surface area contributed by atoms with Gasteiger partial charge in [-0.15, -0.1) is 24.0 Å². The molecular formula is C21H37IN4O. The molecule has 0 radical (unpaired) electrons. The van der Waals surface area contributed by atoms with Crippen molar-refractivity contribution in [2.75, 3.05) is 39.4 Å². The summed E-state index contributed by atoms with van der Waals surface area (Å²) >= 11 is 0. The molecule has 0 aromatic heterocycles. The lowest BCUT2D eigenvalue weighted by Crippen LogP contribution is -2.37. The molecule has 0 spiro atoms. The summed E-state index contributed by atoms with van der Waals surface area (Å²) in [5.74, 6) is 0.921. The van der Waals surface area contributed by atoms with E-state index in [0.717, 1.165) is 51.9 Å². The first-order valence-electron chi connectivity index (χ1n) is 10.2. The van der Waals surface area contributed by atoms with Crippen molar-refractivity contribution in [3.8, 4) is 0 Å². The SMILES string of the molecule is CCCCCCNC(=NCc1ccccc1CN1CCOCC1)NCC.I. The Hall–Kier alpha value is -0.860. The number of nitrogens with zero attached hydrogens (tertiary/aromatic N) is 2. The van der Waals surface area contributed by atoms with Crippen LogP contribution >= 0.6 is 24.0 Å². The van der Waals surface area contributed by atoms with Crippen LogP contribution in [0.3, 0.4) is 0 Å². The predicted molar refractivity (Wildman–Crippen MR) is 125 cm³/mol. The fourth-order valence-electron chi connectivity index (χ4n) is 3.13. The third-order valence-electron chi connectivity index (χ3n) is 4.69. The fourth-order valence-corrected chi connectivity index (χ4v) is 3.13. The zero-order valence-electron chi connectivity index (χ0n) is 17.0. The highest BCUT2D eigenvalue weighted by Crippen LogP contribution is 2.14. The molecule has 1 saturated heterocycles. The molecule has 154 valence electrons. The van der Waals surface area contributed by atoms with Gasteiger partial charge in [0.15, 0.2) is 5.96 Å². The molecule has 0 bridgehead atoms. The van der Waals surface area contributed by atoms with Crippen molar-refractivity contribution in [1.82, 2.24) is 15.5 Å². The van der Waals surface area contributed by atoms with Gasteiger partial charge in [-0.05, 0) is 24.5 Å². The molecule has 6 heteroatoms. The Bertz CT molecular complexity index is 533. The van der Waals surface area contributed by atoms with Gasteiger partial charge in [-0.25, -0.2) is 4.99 Å². The van der Waals surface area contributed by atoms with E-state index in [2.05, 4.69) is 53.6 Å². The number of halogens is 1. The number of aliphatic imine (C=N–C) groups is 1. The highest BCUT2D eigenvalue weighted by molar-refractivity contribution is 14.0. The van der Waals surface area contributed by atoms with Crippen molar-refractivity contribution in [3.05, 3.63) is 35.4 Å². The van der Waals surface area contributed by atoms with E-state index in [0.29, 0.717) is 6.54 Å². The lowest BCUT2D eigenvalue weighted by Gasteiger charge is -2.27. The Morgan fingerprint density at radius 1 is 1.04 bits per heavy atom. The molecule has 1 aliphatic rings. The average molecular weight is 488 g/mol. The van der Waals surface area contributed by atoms with E-state index < -0.39 is 0 Å². The average Bonchev–Trinajstić information content (AvgIpc) is 2.67. The molecule has 2 N–H and O–H groups in total. The van der Waals surface area contributed by atoms with Gasteiger partial charge < -0.3 is 15.4 Å². The summed E-state index contributed by atoms with van der Waals surface area (Å²) in [5.41, 5.74) is 2.68. The molecule has 1 aliphatic heterocycles. The summed E-state index contributed by atoms with van der Waals surface area (Å²) in [7, 11) is 0. The van der Waals surface area contributed by atoms with Crippen molar-refractivity contribution in [2.45, 2.75) is 52.6 Å². The summed E-state index contributed by atoms with van der Waals surface area (Å²) < 4.78 is 5.46. The van der Waals surface area contributed by atoms with Gasteiger partial charge in [-0.3, -0.25) is 4.90 Å². The highest BCUT2D eigenvalue weighted by Gasteiger charge is 2.12. The maximum Gasteiger partial charge on any atom is 0.191 e. The Kier molecular flexibility index (Phi) is 13.5. The quantitative estimate of drug-likeness (QED) is 0.228. The van der Waals surface area contributed by atoms with Crippen LogP contribution in [-0.2, 0) is 17.8 Å². The fraction of sp³-hybridized carbons (Fsp3) is 0.667. The minimum absolute atomic E-state index is 0. The molecule has 27 heavy (non-hydrogen) atoms. The van der Waals surface area contributed by atoms with Gasteiger partial charge in [-0.2, -0.15) is 0 Å². The number of hydrogen-bond acceptors (Lipinski definition) is 3. The van der Waals surface area contributed by atoms with E-state index in [1.54, 1.807) is 0 Å². The number of morpholine rings is 1. The smallest absolute Gasteiger partial charge is 0.191 e. The van der Waals surface area contributed by atoms with Crippen molar-refractivity contribution in [2.24, 2.45) is 4.99 Å². The minimum atomic E-state index is 0. The number of ether oxygens (including phenoxy) is 1. The van der Waals surface area contributed by atoms with Gasteiger partial charge in [-0.1, -0.05) is 50.5 Å². The molecule has 1 heterocycles. The molecule has 1 aromatic rings. The second kappa shape index (κ2) is 15.1. The van der Waals surface area contributed by atoms with Gasteiger partial charge in [0.2, 0.25) is 0 Å². The zero-order valence-corrected chi connectivity index (χ0v) is 19.3. The standard InChI is InChI=1S/C21H36N4O.HI/c1-3-5-6-9-12-23-21(22-4-2)24-17-19-10-7-8-11-20(19)18-25-13-15-26-16-14-25;/h7-8,10-11H,3-6,9,12-18H2,1-2H3,(H2,22,23,24);1H. The zero-order chi connectivity index (χ0) is 18.5. The number of guanidine groups is 1. The first-order chi connectivity index (χ1) is 12.8. The molecule has 0 atom stereocenters. The first-order valence-corrected chi connectivity index (χ1v) is 10.2. The van der Waals surface area contributed by atoms with Crippen LogP contribution in [0.15, 0.2) is 29.3 Å². The van der Waals surface area contributed by atoms with Crippen LogP contribution in [0.5, 0.6) is 0 Å². The second-order valence-corrected chi connectivity index (χ2v) is 6.84. The van der Waals surface area contributed by atoms with Gasteiger partial charge in [0.1, 0.15) is 0 Å². The molecule has 5 nitrogen and oxygen atoms in total. The number of benzene rings is 1. The number of unbranched alkanes of at least 4 members (excludes halogenated alkanes) is 3. The summed E-state index contributed by atoms with van der Waals surface area (Å²) in [6.45, 7) is 11.6. The first kappa shape index (κ1) is 24.2. The minimum Gasteiger partial charge on any atom is -0.379 e. The second-order valence-electron chi connectivity index (χ2n) is 6.84. The van der Waals surface area contributed by atoms with E-state index in [9.17, 15) is 0 Å². The van der Waals surface area contributed by atoms with Crippen LogP contribution in [-0.4, -0.2) is 50.3 Å². The molecule has 2 rings (SSSR count). The molecule has 1 aromatic carbocycles. The largest absolute Gasteiger partial charge is 0.379 e. The maximum absolute atomic E-state index is 5.46. The third-order valence-corrected chi connectivity index (χ3v) is 4.69. The van der Waals surface area contributed by atoms with Crippen molar-refractivity contribution in [3.63, 3.8) is 0 Å². The van der Waals surface area contributed by atoms with Gasteiger partial charge in [0, 0.05) is 32.7 Å². The number of rotatable bonds is 10. The van der Waals surface area contributed by atoms with Crippen molar-refractivity contribution >= 4 is 29.9 Å². The van der Waals surface area contributed by atoms with Crippen molar-refractivity contribution < 1.29 is 4.74 Å². The summed E-state index contributed by atoms with van der Waals surface area (Å²) in [6.07, 6.45) is 5.07. The predicted octanol–water partition coefficient (Wildman–Crippen LogP) is 3.77. The monoisotopic (exact) mass is 488 g/mol. The van der Waals surface area contributed by atoms with Crippen LogP contribution < -0.4 is 10.6 Å². The number of hydrogen-bond donors (Lipinski definition) is 2. The lowest BCUT2D eigenvalue weighted by molar-refractivity contribution is 0.0341.